The number of hydrogen-bond acceptors (Lipinski definition) is 5. The molecule has 0 amide bonds. The Bertz CT molecular complexity index is 271. The summed E-state index contributed by atoms with van der Waals surface area (Å²) in [7, 11) is 1.41. The summed E-state index contributed by atoms with van der Waals surface area (Å²) in [6.45, 7) is 11.8. The number of carbonyl (C=O) groups excluding carboxylic acids is 1. The van der Waals surface area contributed by atoms with E-state index in [0.29, 0.717) is 19.6 Å². The van der Waals surface area contributed by atoms with Gasteiger partial charge in [-0.05, 0) is 34.1 Å². The topological polar surface area (TPSA) is 56.8 Å². The van der Waals surface area contributed by atoms with Crippen molar-refractivity contribution in [1.29, 1.82) is 0 Å². The lowest BCUT2D eigenvalue weighted by Gasteiger charge is -2.32. The quantitative estimate of drug-likeness (QED) is 0.466. The predicted octanol–water partition coefficient (Wildman–Crippen LogP) is 2.14. The average Bonchev–Trinajstić information content (AvgIpc) is 2.36. The van der Waals surface area contributed by atoms with Crippen molar-refractivity contribution in [2.24, 2.45) is 0 Å². The molecule has 0 aromatic rings. The Labute approximate surface area is 123 Å². The second-order valence-corrected chi connectivity index (χ2v) is 5.62. The van der Waals surface area contributed by atoms with E-state index in [0.717, 1.165) is 13.0 Å². The highest BCUT2D eigenvalue weighted by molar-refractivity contribution is 5.80. The van der Waals surface area contributed by atoms with Crippen LogP contribution < -0.4 is 5.32 Å². The first-order valence-corrected chi connectivity index (χ1v) is 7.41. The van der Waals surface area contributed by atoms with E-state index in [1.54, 1.807) is 0 Å². The van der Waals surface area contributed by atoms with E-state index >= 15 is 0 Å². The van der Waals surface area contributed by atoms with Crippen molar-refractivity contribution >= 4 is 5.97 Å². The van der Waals surface area contributed by atoms with Crippen LogP contribution in [0.25, 0.3) is 0 Å². The van der Waals surface area contributed by atoms with Crippen molar-refractivity contribution in [3.05, 3.63) is 0 Å². The Kier molecular flexibility index (Phi) is 9.80. The summed E-state index contributed by atoms with van der Waals surface area (Å²) < 4.78 is 15.9. The Hall–Kier alpha value is -0.650. The molecule has 1 N–H and O–H groups in total. The highest BCUT2D eigenvalue weighted by Gasteiger charge is 2.36. The fourth-order valence-electron chi connectivity index (χ4n) is 2.25. The van der Waals surface area contributed by atoms with Crippen molar-refractivity contribution in [1.82, 2.24) is 5.32 Å². The minimum Gasteiger partial charge on any atom is -0.468 e. The molecule has 2 unspecified atom stereocenters. The van der Waals surface area contributed by atoms with Crippen LogP contribution in [0, 0.1) is 0 Å². The SMILES string of the molecule is CCCOCCOC(C)CC(C)(NC(C)C)C(=O)OC. The number of hydrogen-bond donors (Lipinski definition) is 1. The molecule has 2 atom stereocenters. The highest BCUT2D eigenvalue weighted by Crippen LogP contribution is 2.17. The second kappa shape index (κ2) is 10.1. The number of carbonyl (C=O) groups is 1. The van der Waals surface area contributed by atoms with Crippen LogP contribution in [0.2, 0.25) is 0 Å². The molecule has 0 aliphatic carbocycles. The van der Waals surface area contributed by atoms with E-state index in [2.05, 4.69) is 12.2 Å². The maximum Gasteiger partial charge on any atom is 0.325 e. The molecule has 0 radical (unpaired) electrons. The summed E-state index contributed by atoms with van der Waals surface area (Å²) in [5.41, 5.74) is -0.730. The van der Waals surface area contributed by atoms with E-state index in [-0.39, 0.29) is 18.1 Å². The van der Waals surface area contributed by atoms with Crippen LogP contribution in [0.1, 0.15) is 47.5 Å². The van der Waals surface area contributed by atoms with Crippen molar-refractivity contribution in [2.75, 3.05) is 26.9 Å². The molecule has 0 aliphatic heterocycles. The van der Waals surface area contributed by atoms with Gasteiger partial charge in [0.15, 0.2) is 0 Å². The molecule has 5 nitrogen and oxygen atoms in total. The van der Waals surface area contributed by atoms with E-state index < -0.39 is 5.54 Å². The summed E-state index contributed by atoms with van der Waals surface area (Å²) in [6, 6.07) is 0.194. The zero-order valence-corrected chi connectivity index (χ0v) is 13.8. The van der Waals surface area contributed by atoms with Crippen molar-refractivity contribution in [3.63, 3.8) is 0 Å². The van der Waals surface area contributed by atoms with Crippen LogP contribution in [0.5, 0.6) is 0 Å². The van der Waals surface area contributed by atoms with Gasteiger partial charge in [-0.2, -0.15) is 0 Å². The molecular weight excluding hydrogens is 258 g/mol. The number of methoxy groups -OCH3 is 1. The lowest BCUT2D eigenvalue weighted by atomic mass is 9.94. The van der Waals surface area contributed by atoms with Crippen LogP contribution in [0.4, 0.5) is 0 Å². The van der Waals surface area contributed by atoms with Gasteiger partial charge in [-0.25, -0.2) is 0 Å². The standard InChI is InChI=1S/C15H31NO4/c1-7-8-19-9-10-20-13(4)11-15(5,14(17)18-6)16-12(2)3/h12-13,16H,7-11H2,1-6H3. The number of rotatable bonds is 11. The van der Waals surface area contributed by atoms with Crippen LogP contribution >= 0.6 is 0 Å². The summed E-state index contributed by atoms with van der Waals surface area (Å²) in [5.74, 6) is -0.260. The lowest BCUT2D eigenvalue weighted by molar-refractivity contribution is -0.150. The molecule has 0 saturated heterocycles. The van der Waals surface area contributed by atoms with Crippen molar-refractivity contribution < 1.29 is 19.0 Å². The van der Waals surface area contributed by atoms with Crippen LogP contribution in [-0.2, 0) is 19.0 Å². The number of ether oxygens (including phenoxy) is 3. The maximum absolute atomic E-state index is 12.0. The molecule has 0 spiro atoms. The smallest absolute Gasteiger partial charge is 0.325 e. The molecule has 0 rings (SSSR count). The second-order valence-electron chi connectivity index (χ2n) is 5.62. The van der Waals surface area contributed by atoms with Gasteiger partial charge in [0.05, 0.1) is 26.4 Å². The first-order valence-electron chi connectivity index (χ1n) is 7.41. The van der Waals surface area contributed by atoms with Gasteiger partial charge < -0.3 is 14.2 Å². The normalized spacial score (nSPS) is 15.9. The molecule has 120 valence electrons. The monoisotopic (exact) mass is 289 g/mol. The first-order chi connectivity index (χ1) is 9.35. The van der Waals surface area contributed by atoms with Gasteiger partial charge in [0, 0.05) is 19.1 Å². The lowest BCUT2D eigenvalue weighted by Crippen LogP contribution is -2.54. The molecule has 0 fully saturated rings. The molecular formula is C15H31NO4. The van der Waals surface area contributed by atoms with Gasteiger partial charge in [-0.3, -0.25) is 10.1 Å². The first kappa shape index (κ1) is 19.4. The summed E-state index contributed by atoms with van der Waals surface area (Å²) in [4.78, 5) is 12.0. The third kappa shape index (κ3) is 7.82. The van der Waals surface area contributed by atoms with E-state index in [1.807, 2.05) is 27.7 Å². The van der Waals surface area contributed by atoms with Crippen LogP contribution in [0.3, 0.4) is 0 Å². The van der Waals surface area contributed by atoms with Gasteiger partial charge in [0.25, 0.3) is 0 Å². The number of nitrogens with one attached hydrogen (secondary N) is 1. The third-order valence-electron chi connectivity index (χ3n) is 2.92. The minimum absolute atomic E-state index is 0.0458. The van der Waals surface area contributed by atoms with E-state index in [1.165, 1.54) is 7.11 Å². The fraction of sp³-hybridized carbons (Fsp3) is 0.933. The minimum atomic E-state index is -0.730. The van der Waals surface area contributed by atoms with Gasteiger partial charge in [0.2, 0.25) is 0 Å². The molecule has 20 heavy (non-hydrogen) atoms. The third-order valence-corrected chi connectivity index (χ3v) is 2.92. The Morgan fingerprint density at radius 3 is 2.35 bits per heavy atom. The molecule has 5 heteroatoms. The fourth-order valence-corrected chi connectivity index (χ4v) is 2.25. The molecule has 0 aliphatic rings. The zero-order valence-electron chi connectivity index (χ0n) is 13.8. The molecule has 0 aromatic heterocycles. The molecule has 0 saturated carbocycles. The zero-order chi connectivity index (χ0) is 15.6. The van der Waals surface area contributed by atoms with Gasteiger partial charge in [0.1, 0.15) is 5.54 Å². The maximum atomic E-state index is 12.0. The molecule has 0 heterocycles. The Morgan fingerprint density at radius 2 is 1.85 bits per heavy atom. The van der Waals surface area contributed by atoms with Gasteiger partial charge in [-0.1, -0.05) is 6.92 Å². The average molecular weight is 289 g/mol. The van der Waals surface area contributed by atoms with Gasteiger partial charge >= 0.3 is 5.97 Å². The van der Waals surface area contributed by atoms with Crippen LogP contribution in [-0.4, -0.2) is 50.6 Å². The largest absolute Gasteiger partial charge is 0.468 e. The summed E-state index contributed by atoms with van der Waals surface area (Å²) in [6.07, 6.45) is 1.52. The molecule has 0 bridgehead atoms. The van der Waals surface area contributed by atoms with Crippen molar-refractivity contribution in [2.45, 2.75) is 65.1 Å². The van der Waals surface area contributed by atoms with Crippen molar-refractivity contribution in [3.8, 4) is 0 Å². The Morgan fingerprint density at radius 1 is 1.20 bits per heavy atom. The van der Waals surface area contributed by atoms with E-state index in [4.69, 9.17) is 14.2 Å². The molecule has 0 aromatic carbocycles. The van der Waals surface area contributed by atoms with Gasteiger partial charge in [-0.15, -0.1) is 0 Å². The van der Waals surface area contributed by atoms with E-state index in [9.17, 15) is 4.79 Å². The predicted molar refractivity (Wildman–Crippen MR) is 79.8 cm³/mol. The highest BCUT2D eigenvalue weighted by atomic mass is 16.5. The summed E-state index contributed by atoms with van der Waals surface area (Å²) in [5, 5.41) is 3.26. The Balaban J connectivity index is 4.25. The number of esters is 1. The summed E-state index contributed by atoms with van der Waals surface area (Å²) >= 11 is 0. The van der Waals surface area contributed by atoms with Crippen LogP contribution in [0.15, 0.2) is 0 Å².